The van der Waals surface area contributed by atoms with Crippen LogP contribution < -0.4 is 0 Å². The van der Waals surface area contributed by atoms with Crippen LogP contribution in [0.1, 0.15) is 239 Å². The van der Waals surface area contributed by atoms with Crippen LogP contribution in [0.3, 0.4) is 0 Å². The van der Waals surface area contributed by atoms with E-state index in [4.69, 9.17) is 14.2 Å². The first kappa shape index (κ1) is 64.8. The highest BCUT2D eigenvalue weighted by Gasteiger charge is 2.19. The molecule has 0 N–H and O–H groups in total. The number of carbonyl (C=O) groups excluding carboxylic acids is 3. The van der Waals surface area contributed by atoms with Crippen molar-refractivity contribution < 1.29 is 28.6 Å². The number of unbranched alkanes of at least 4 members (excludes halogenated alkanes) is 18. The number of allylic oxidation sites excluding steroid dienone is 20. The molecule has 0 radical (unpaired) electrons. The molecule has 0 saturated carbocycles. The molecule has 6 heteroatoms. The van der Waals surface area contributed by atoms with Gasteiger partial charge in [-0.1, -0.05) is 213 Å². The van der Waals surface area contributed by atoms with Gasteiger partial charge in [0.05, 0.1) is 0 Å². The van der Waals surface area contributed by atoms with Crippen LogP contribution >= 0.6 is 0 Å². The molecule has 0 bridgehead atoms. The van der Waals surface area contributed by atoms with Gasteiger partial charge in [0.15, 0.2) is 6.10 Å². The third-order valence-corrected chi connectivity index (χ3v) is 11.4. The molecule has 0 amide bonds. The van der Waals surface area contributed by atoms with Crippen LogP contribution in [0.2, 0.25) is 0 Å². The maximum absolute atomic E-state index is 12.8. The zero-order valence-corrected chi connectivity index (χ0v) is 44.5. The van der Waals surface area contributed by atoms with Crippen molar-refractivity contribution in [2.45, 2.75) is 245 Å². The first-order valence-corrected chi connectivity index (χ1v) is 28.0. The molecular formula is C63H102O6. The number of hydrogen-bond acceptors (Lipinski definition) is 6. The fourth-order valence-corrected chi connectivity index (χ4v) is 7.22. The lowest BCUT2D eigenvalue weighted by Crippen LogP contribution is -2.30. The van der Waals surface area contributed by atoms with Gasteiger partial charge in [-0.15, -0.1) is 0 Å². The molecule has 0 spiro atoms. The summed E-state index contributed by atoms with van der Waals surface area (Å²) in [6, 6.07) is 0. The number of hydrogen-bond donors (Lipinski definition) is 0. The van der Waals surface area contributed by atoms with Gasteiger partial charge in [0.2, 0.25) is 0 Å². The minimum Gasteiger partial charge on any atom is -0.462 e. The van der Waals surface area contributed by atoms with Crippen LogP contribution in [0, 0.1) is 0 Å². The number of rotatable bonds is 49. The molecule has 1 atom stereocenters. The Hall–Kier alpha value is -4.19. The molecule has 0 aromatic carbocycles. The predicted octanol–water partition coefficient (Wildman–Crippen LogP) is 18.9. The number of ether oxygens (including phenoxy) is 3. The average molecular weight is 956 g/mol. The quantitative estimate of drug-likeness (QED) is 0.0262. The summed E-state index contributed by atoms with van der Waals surface area (Å²) in [5.74, 6) is -1.02. The third kappa shape index (κ3) is 54.6. The molecule has 0 aromatic rings. The number of esters is 3. The summed E-state index contributed by atoms with van der Waals surface area (Å²) >= 11 is 0. The molecule has 0 heterocycles. The van der Waals surface area contributed by atoms with Gasteiger partial charge in [0.25, 0.3) is 0 Å². The van der Waals surface area contributed by atoms with Crippen molar-refractivity contribution in [2.24, 2.45) is 0 Å². The second-order valence-electron chi connectivity index (χ2n) is 18.1. The largest absolute Gasteiger partial charge is 0.462 e. The summed E-state index contributed by atoms with van der Waals surface area (Å²) in [7, 11) is 0. The molecule has 0 aromatic heterocycles. The van der Waals surface area contributed by atoms with Crippen LogP contribution in [-0.4, -0.2) is 37.2 Å². The van der Waals surface area contributed by atoms with E-state index in [1.54, 1.807) is 0 Å². The van der Waals surface area contributed by atoms with E-state index < -0.39 is 6.10 Å². The Labute approximate surface area is 424 Å². The molecule has 0 aliphatic rings. The van der Waals surface area contributed by atoms with Crippen molar-refractivity contribution in [2.75, 3.05) is 13.2 Å². The maximum atomic E-state index is 12.8. The molecule has 0 saturated heterocycles. The zero-order valence-electron chi connectivity index (χ0n) is 44.5. The third-order valence-electron chi connectivity index (χ3n) is 11.4. The summed E-state index contributed by atoms with van der Waals surface area (Å²) in [4.78, 5) is 38.1. The van der Waals surface area contributed by atoms with E-state index in [1.165, 1.54) is 77.0 Å². The van der Waals surface area contributed by atoms with Gasteiger partial charge in [-0.3, -0.25) is 14.4 Å². The molecular weight excluding hydrogens is 853 g/mol. The number of carbonyl (C=O) groups is 3. The highest BCUT2D eigenvalue weighted by molar-refractivity contribution is 5.71. The fourth-order valence-electron chi connectivity index (χ4n) is 7.22. The van der Waals surface area contributed by atoms with E-state index in [1.807, 2.05) is 0 Å². The monoisotopic (exact) mass is 955 g/mol. The van der Waals surface area contributed by atoms with Crippen LogP contribution in [0.5, 0.6) is 0 Å². The molecule has 0 aliphatic heterocycles. The lowest BCUT2D eigenvalue weighted by Gasteiger charge is -2.18. The van der Waals surface area contributed by atoms with Crippen LogP contribution in [0.15, 0.2) is 122 Å². The normalized spacial score (nSPS) is 13.0. The summed E-state index contributed by atoms with van der Waals surface area (Å²) < 4.78 is 16.8. The Balaban J connectivity index is 4.56. The zero-order chi connectivity index (χ0) is 50.0. The van der Waals surface area contributed by atoms with Gasteiger partial charge in [-0.25, -0.2) is 0 Å². The molecule has 0 aliphatic carbocycles. The van der Waals surface area contributed by atoms with Gasteiger partial charge < -0.3 is 14.2 Å². The summed E-state index contributed by atoms with van der Waals surface area (Å²) in [6.45, 7) is 6.40. The molecule has 0 fully saturated rings. The summed E-state index contributed by atoms with van der Waals surface area (Å²) in [6.07, 6.45) is 77.6. The van der Waals surface area contributed by atoms with Crippen molar-refractivity contribution in [3.63, 3.8) is 0 Å². The highest BCUT2D eigenvalue weighted by Crippen LogP contribution is 2.13. The Bertz CT molecular complexity index is 1470. The molecule has 390 valence electrons. The summed E-state index contributed by atoms with van der Waals surface area (Å²) in [5.41, 5.74) is 0. The van der Waals surface area contributed by atoms with Crippen LogP contribution in [-0.2, 0) is 28.6 Å². The molecule has 6 nitrogen and oxygen atoms in total. The average Bonchev–Trinajstić information content (AvgIpc) is 3.35. The molecule has 0 rings (SSSR count). The van der Waals surface area contributed by atoms with E-state index in [0.29, 0.717) is 19.3 Å². The minimum absolute atomic E-state index is 0.119. The Morgan fingerprint density at radius 2 is 0.580 bits per heavy atom. The maximum Gasteiger partial charge on any atom is 0.306 e. The lowest BCUT2D eigenvalue weighted by molar-refractivity contribution is -0.167. The van der Waals surface area contributed by atoms with Gasteiger partial charge in [-0.2, -0.15) is 0 Å². The van der Waals surface area contributed by atoms with Crippen LogP contribution in [0.4, 0.5) is 0 Å². The van der Waals surface area contributed by atoms with Gasteiger partial charge in [0.1, 0.15) is 13.2 Å². The topological polar surface area (TPSA) is 78.9 Å². The van der Waals surface area contributed by atoms with Gasteiger partial charge in [0, 0.05) is 19.3 Å². The van der Waals surface area contributed by atoms with E-state index in [2.05, 4.69) is 142 Å². The highest BCUT2D eigenvalue weighted by atomic mass is 16.6. The Kier molecular flexibility index (Phi) is 53.0. The van der Waals surface area contributed by atoms with Crippen molar-refractivity contribution in [1.82, 2.24) is 0 Å². The van der Waals surface area contributed by atoms with Crippen molar-refractivity contribution in [1.29, 1.82) is 0 Å². The SMILES string of the molecule is CCC=CCC=CCC=CCC=CCC=CCCCCCC(=O)OCC(COC(=O)CCCC=CCC=CCC=CCC=CCCCCC)OC(=O)CCCCCCCC=CCCCCCCCC. The Morgan fingerprint density at radius 1 is 0.304 bits per heavy atom. The first-order chi connectivity index (χ1) is 34.0. The van der Waals surface area contributed by atoms with Gasteiger partial charge >= 0.3 is 17.9 Å². The predicted molar refractivity (Wildman–Crippen MR) is 297 cm³/mol. The van der Waals surface area contributed by atoms with E-state index in [-0.39, 0.29) is 37.5 Å². The second-order valence-corrected chi connectivity index (χ2v) is 18.1. The molecule has 69 heavy (non-hydrogen) atoms. The molecule has 1 unspecified atom stereocenters. The fraction of sp³-hybridized carbons (Fsp3) is 0.635. The lowest BCUT2D eigenvalue weighted by atomic mass is 10.1. The first-order valence-electron chi connectivity index (χ1n) is 28.0. The van der Waals surface area contributed by atoms with Gasteiger partial charge in [-0.05, 0) is 128 Å². The smallest absolute Gasteiger partial charge is 0.306 e. The van der Waals surface area contributed by atoms with E-state index in [0.717, 1.165) is 116 Å². The van der Waals surface area contributed by atoms with Crippen molar-refractivity contribution >= 4 is 17.9 Å². The second kappa shape index (κ2) is 56.4. The van der Waals surface area contributed by atoms with E-state index in [9.17, 15) is 14.4 Å². The van der Waals surface area contributed by atoms with Crippen molar-refractivity contribution in [3.05, 3.63) is 122 Å². The van der Waals surface area contributed by atoms with Crippen molar-refractivity contribution in [3.8, 4) is 0 Å². The Morgan fingerprint density at radius 3 is 1.00 bits per heavy atom. The standard InChI is InChI=1S/C63H102O6/c1-4-7-10-13-16-19-22-25-28-30-31-33-36-38-41-44-47-50-53-56-62(65)68-59-60(69-63(66)57-54-51-48-45-42-39-34-27-24-21-18-15-12-9-6-3)58-67-61(64)55-52-49-46-43-40-37-35-32-29-26-23-20-17-14-11-8-5-2/h7,10,16-17,19-20,25-29,31,33-35,37-38,41,43,46,60H,4-6,8-9,11-15,18,21-24,30,32,36,39-40,42,44-45,47-59H2,1-3H3. The van der Waals surface area contributed by atoms with E-state index >= 15 is 0 Å². The van der Waals surface area contributed by atoms with Crippen LogP contribution in [0.25, 0.3) is 0 Å². The summed E-state index contributed by atoms with van der Waals surface area (Å²) in [5, 5.41) is 0. The minimum atomic E-state index is -0.822.